The zero-order valence-electron chi connectivity index (χ0n) is 9.99. The van der Waals surface area contributed by atoms with Crippen LogP contribution in [-0.4, -0.2) is 22.6 Å². The molecule has 5 heteroatoms. The summed E-state index contributed by atoms with van der Waals surface area (Å²) in [5, 5.41) is 0.317. The summed E-state index contributed by atoms with van der Waals surface area (Å²) in [5.74, 6) is 0.930. The minimum atomic E-state index is 0.317. The first-order valence-electron chi connectivity index (χ1n) is 6.17. The molecule has 0 radical (unpaired) electrons. The number of rotatable bonds is 3. The lowest BCUT2D eigenvalue weighted by Gasteiger charge is -2.34. The Labute approximate surface area is 116 Å². The predicted molar refractivity (Wildman–Crippen MR) is 74.6 cm³/mol. The van der Waals surface area contributed by atoms with Crippen LogP contribution in [0.25, 0.3) is 0 Å². The average Bonchev–Trinajstić information content (AvgIpc) is 2.36. The standard InChI is InChI=1S/C12H17BrClN3/c1-2-17(9-6-4-3-5-7-9)11-10(13)8-15-12(14)16-11/h8-9H,2-7H2,1H3. The zero-order valence-corrected chi connectivity index (χ0v) is 12.3. The van der Waals surface area contributed by atoms with Crippen molar-refractivity contribution in [2.45, 2.75) is 45.1 Å². The Morgan fingerprint density at radius 3 is 2.76 bits per heavy atom. The molecule has 0 aliphatic heterocycles. The fourth-order valence-corrected chi connectivity index (χ4v) is 3.06. The van der Waals surface area contributed by atoms with Gasteiger partial charge in [-0.1, -0.05) is 19.3 Å². The van der Waals surface area contributed by atoms with Crippen LogP contribution in [0, 0.1) is 0 Å². The second-order valence-corrected chi connectivity index (χ2v) is 5.58. The molecule has 17 heavy (non-hydrogen) atoms. The molecule has 0 spiro atoms. The Kier molecular flexibility index (Phi) is 4.62. The van der Waals surface area contributed by atoms with Crippen molar-refractivity contribution >= 4 is 33.3 Å². The van der Waals surface area contributed by atoms with Gasteiger partial charge in [-0.05, 0) is 47.3 Å². The fraction of sp³-hybridized carbons (Fsp3) is 0.667. The van der Waals surface area contributed by atoms with Gasteiger partial charge in [-0.3, -0.25) is 0 Å². The van der Waals surface area contributed by atoms with Crippen molar-refractivity contribution in [1.82, 2.24) is 9.97 Å². The molecule has 0 N–H and O–H groups in total. The first kappa shape index (κ1) is 13.1. The van der Waals surface area contributed by atoms with Gasteiger partial charge in [0.25, 0.3) is 0 Å². The van der Waals surface area contributed by atoms with Gasteiger partial charge in [-0.15, -0.1) is 0 Å². The van der Waals surface area contributed by atoms with E-state index in [4.69, 9.17) is 11.6 Å². The lowest BCUT2D eigenvalue weighted by Crippen LogP contribution is -2.37. The van der Waals surface area contributed by atoms with Gasteiger partial charge in [-0.2, -0.15) is 4.98 Å². The minimum Gasteiger partial charge on any atom is -0.353 e. The van der Waals surface area contributed by atoms with E-state index in [0.29, 0.717) is 11.3 Å². The van der Waals surface area contributed by atoms with Crippen LogP contribution in [0.3, 0.4) is 0 Å². The van der Waals surface area contributed by atoms with Crippen molar-refractivity contribution in [3.05, 3.63) is 16.0 Å². The molecule has 0 unspecified atom stereocenters. The van der Waals surface area contributed by atoms with Crippen molar-refractivity contribution in [3.63, 3.8) is 0 Å². The second-order valence-electron chi connectivity index (χ2n) is 4.39. The van der Waals surface area contributed by atoms with Gasteiger partial charge in [0.1, 0.15) is 5.82 Å². The first-order chi connectivity index (χ1) is 8.22. The summed E-state index contributed by atoms with van der Waals surface area (Å²) in [6.07, 6.45) is 8.23. The summed E-state index contributed by atoms with van der Waals surface area (Å²) >= 11 is 9.40. The third kappa shape index (κ3) is 3.10. The molecule has 0 atom stereocenters. The Morgan fingerprint density at radius 2 is 2.12 bits per heavy atom. The molecule has 2 rings (SSSR count). The van der Waals surface area contributed by atoms with E-state index in [2.05, 4.69) is 37.7 Å². The number of hydrogen-bond acceptors (Lipinski definition) is 3. The van der Waals surface area contributed by atoms with Gasteiger partial charge < -0.3 is 4.90 Å². The third-order valence-corrected chi connectivity index (χ3v) is 4.07. The van der Waals surface area contributed by atoms with Crippen LogP contribution in [0.1, 0.15) is 39.0 Å². The number of halogens is 2. The van der Waals surface area contributed by atoms with Gasteiger partial charge in [0.15, 0.2) is 0 Å². The maximum atomic E-state index is 5.89. The molecule has 0 aromatic carbocycles. The zero-order chi connectivity index (χ0) is 12.3. The van der Waals surface area contributed by atoms with Gasteiger partial charge in [-0.25, -0.2) is 4.98 Å². The van der Waals surface area contributed by atoms with E-state index in [1.165, 1.54) is 32.1 Å². The van der Waals surface area contributed by atoms with Crippen LogP contribution in [0.4, 0.5) is 5.82 Å². The quantitative estimate of drug-likeness (QED) is 0.787. The van der Waals surface area contributed by atoms with E-state index in [9.17, 15) is 0 Å². The van der Waals surface area contributed by atoms with Gasteiger partial charge in [0.05, 0.1) is 4.47 Å². The van der Waals surface area contributed by atoms with E-state index in [-0.39, 0.29) is 0 Å². The van der Waals surface area contributed by atoms with Gasteiger partial charge >= 0.3 is 0 Å². The number of anilines is 1. The summed E-state index contributed by atoms with van der Waals surface area (Å²) in [4.78, 5) is 10.7. The fourth-order valence-electron chi connectivity index (χ4n) is 2.51. The minimum absolute atomic E-state index is 0.317. The van der Waals surface area contributed by atoms with Crippen LogP contribution in [-0.2, 0) is 0 Å². The topological polar surface area (TPSA) is 29.0 Å². The van der Waals surface area contributed by atoms with Crippen LogP contribution in [0.2, 0.25) is 5.28 Å². The Morgan fingerprint density at radius 1 is 1.41 bits per heavy atom. The number of aromatic nitrogens is 2. The van der Waals surface area contributed by atoms with E-state index in [1.807, 2.05) is 0 Å². The summed E-state index contributed by atoms with van der Waals surface area (Å²) in [6, 6.07) is 0.594. The van der Waals surface area contributed by atoms with Crippen molar-refractivity contribution in [2.75, 3.05) is 11.4 Å². The van der Waals surface area contributed by atoms with E-state index < -0.39 is 0 Å². The van der Waals surface area contributed by atoms with Crippen molar-refractivity contribution < 1.29 is 0 Å². The molecule has 0 saturated heterocycles. The second kappa shape index (κ2) is 6.01. The molecule has 0 bridgehead atoms. The van der Waals surface area contributed by atoms with Crippen LogP contribution >= 0.6 is 27.5 Å². The SMILES string of the molecule is CCN(c1nc(Cl)ncc1Br)C1CCCCC1. The Hall–Kier alpha value is -0.350. The summed E-state index contributed by atoms with van der Waals surface area (Å²) < 4.78 is 0.925. The highest BCUT2D eigenvalue weighted by Gasteiger charge is 2.23. The lowest BCUT2D eigenvalue weighted by atomic mass is 9.94. The normalized spacial score (nSPS) is 17.1. The van der Waals surface area contributed by atoms with E-state index in [0.717, 1.165) is 16.8 Å². The largest absolute Gasteiger partial charge is 0.353 e. The van der Waals surface area contributed by atoms with Crippen molar-refractivity contribution in [3.8, 4) is 0 Å². The van der Waals surface area contributed by atoms with Crippen LogP contribution in [0.5, 0.6) is 0 Å². The van der Waals surface area contributed by atoms with Crippen LogP contribution in [0.15, 0.2) is 10.7 Å². The van der Waals surface area contributed by atoms with Crippen molar-refractivity contribution in [2.24, 2.45) is 0 Å². The number of nitrogens with zero attached hydrogens (tertiary/aromatic N) is 3. The van der Waals surface area contributed by atoms with E-state index >= 15 is 0 Å². The summed E-state index contributed by atoms with van der Waals surface area (Å²) in [7, 11) is 0. The maximum absolute atomic E-state index is 5.89. The van der Waals surface area contributed by atoms with Crippen LogP contribution < -0.4 is 4.90 Å². The lowest BCUT2D eigenvalue weighted by molar-refractivity contribution is 0.416. The molecular weight excluding hydrogens is 302 g/mol. The van der Waals surface area contributed by atoms with E-state index in [1.54, 1.807) is 6.20 Å². The third-order valence-electron chi connectivity index (χ3n) is 3.32. The molecule has 0 amide bonds. The molecule has 1 aromatic heterocycles. The molecule has 1 aromatic rings. The molecule has 1 saturated carbocycles. The monoisotopic (exact) mass is 317 g/mol. The molecule has 1 fully saturated rings. The van der Waals surface area contributed by atoms with Gasteiger partial charge in [0.2, 0.25) is 5.28 Å². The Balaban J connectivity index is 2.24. The molecular formula is C12H17BrClN3. The number of hydrogen-bond donors (Lipinski definition) is 0. The highest BCUT2D eigenvalue weighted by molar-refractivity contribution is 9.10. The summed E-state index contributed by atoms with van der Waals surface area (Å²) in [6.45, 7) is 3.12. The predicted octanol–water partition coefficient (Wildman–Crippen LogP) is 4.05. The smallest absolute Gasteiger partial charge is 0.224 e. The molecule has 94 valence electrons. The highest BCUT2D eigenvalue weighted by Crippen LogP contribution is 2.30. The molecule has 1 aliphatic carbocycles. The average molecular weight is 319 g/mol. The van der Waals surface area contributed by atoms with Crippen molar-refractivity contribution in [1.29, 1.82) is 0 Å². The highest BCUT2D eigenvalue weighted by atomic mass is 79.9. The maximum Gasteiger partial charge on any atom is 0.224 e. The Bertz CT molecular complexity index is 380. The first-order valence-corrected chi connectivity index (χ1v) is 7.34. The van der Waals surface area contributed by atoms with Gasteiger partial charge in [0, 0.05) is 18.8 Å². The molecule has 1 heterocycles. The molecule has 3 nitrogen and oxygen atoms in total. The molecule has 1 aliphatic rings. The summed E-state index contributed by atoms with van der Waals surface area (Å²) in [5.41, 5.74) is 0.